The van der Waals surface area contributed by atoms with Gasteiger partial charge in [-0.3, -0.25) is 9.59 Å². The Morgan fingerprint density at radius 3 is 2.14 bits per heavy atom. The van der Waals surface area contributed by atoms with Gasteiger partial charge < -0.3 is 19.1 Å². The normalized spacial score (nSPS) is 11.5. The zero-order valence-electron chi connectivity index (χ0n) is 18.5. The van der Waals surface area contributed by atoms with Gasteiger partial charge in [-0.1, -0.05) is 6.92 Å². The van der Waals surface area contributed by atoms with Crippen LogP contribution in [-0.4, -0.2) is 47.7 Å². The van der Waals surface area contributed by atoms with Gasteiger partial charge in [-0.05, 0) is 67.0 Å². The Kier molecular flexibility index (Phi) is 8.79. The molecule has 6 heteroatoms. The second kappa shape index (κ2) is 10.3. The van der Waals surface area contributed by atoms with Crippen molar-refractivity contribution in [2.75, 3.05) is 13.2 Å². The second-order valence-electron chi connectivity index (χ2n) is 8.32. The third-order valence-corrected chi connectivity index (χ3v) is 3.57. The highest BCUT2D eigenvalue weighted by molar-refractivity contribution is 5.97. The van der Waals surface area contributed by atoms with Crippen LogP contribution in [0.2, 0.25) is 0 Å². The third-order valence-electron chi connectivity index (χ3n) is 3.57. The van der Waals surface area contributed by atoms with E-state index < -0.39 is 11.6 Å². The van der Waals surface area contributed by atoms with Gasteiger partial charge in [0.05, 0.1) is 12.7 Å². The smallest absolute Gasteiger partial charge is 0.325 e. The third kappa shape index (κ3) is 8.19. The first-order valence-electron chi connectivity index (χ1n) is 9.90. The Hall–Kier alpha value is -2.24. The average Bonchev–Trinajstić information content (AvgIpc) is 2.54. The van der Waals surface area contributed by atoms with E-state index in [1.165, 1.54) is 4.90 Å². The molecule has 1 aromatic carbocycles. The molecular formula is C22H35NO5. The van der Waals surface area contributed by atoms with E-state index in [-0.39, 0.29) is 24.6 Å². The van der Waals surface area contributed by atoms with Gasteiger partial charge in [0.25, 0.3) is 5.91 Å². The molecule has 158 valence electrons. The summed E-state index contributed by atoms with van der Waals surface area (Å²) >= 11 is 0. The molecule has 6 nitrogen and oxygen atoms in total. The molecule has 0 N–H and O–H groups in total. The SMILES string of the molecule is CCCOc1cc(OC(C)(C)C)cc(C(=O)N(CC(=O)OC(C)C)C(C)C)c1. The molecule has 0 saturated heterocycles. The van der Waals surface area contributed by atoms with Crippen LogP contribution in [0.25, 0.3) is 0 Å². The molecule has 0 spiro atoms. The molecule has 28 heavy (non-hydrogen) atoms. The fraction of sp³-hybridized carbons (Fsp3) is 0.636. The van der Waals surface area contributed by atoms with Crippen LogP contribution >= 0.6 is 0 Å². The van der Waals surface area contributed by atoms with Crippen LogP contribution in [0, 0.1) is 0 Å². The van der Waals surface area contributed by atoms with Gasteiger partial charge >= 0.3 is 5.97 Å². The van der Waals surface area contributed by atoms with Crippen molar-refractivity contribution in [1.29, 1.82) is 0 Å². The van der Waals surface area contributed by atoms with Crippen LogP contribution in [-0.2, 0) is 9.53 Å². The monoisotopic (exact) mass is 393 g/mol. The standard InChI is InChI=1S/C22H35NO5/c1-9-10-26-18-11-17(12-19(13-18)28-22(6,7)8)21(25)23(15(2)3)14-20(24)27-16(4)5/h11-13,15-16H,9-10,14H2,1-8H3. The number of hydrogen-bond donors (Lipinski definition) is 0. The van der Waals surface area contributed by atoms with Crippen molar-refractivity contribution in [1.82, 2.24) is 4.90 Å². The van der Waals surface area contributed by atoms with Gasteiger partial charge in [0.2, 0.25) is 0 Å². The van der Waals surface area contributed by atoms with Crippen LogP contribution in [0.1, 0.15) is 72.2 Å². The van der Waals surface area contributed by atoms with E-state index in [0.29, 0.717) is 23.7 Å². The maximum atomic E-state index is 13.2. The zero-order valence-corrected chi connectivity index (χ0v) is 18.5. The van der Waals surface area contributed by atoms with Crippen molar-refractivity contribution in [3.8, 4) is 11.5 Å². The summed E-state index contributed by atoms with van der Waals surface area (Å²) in [7, 11) is 0. The number of carbonyl (C=O) groups is 2. The highest BCUT2D eigenvalue weighted by atomic mass is 16.5. The summed E-state index contributed by atoms with van der Waals surface area (Å²) in [5.74, 6) is 0.427. The average molecular weight is 394 g/mol. The van der Waals surface area contributed by atoms with Gasteiger partial charge in [-0.15, -0.1) is 0 Å². The summed E-state index contributed by atoms with van der Waals surface area (Å²) in [6.45, 7) is 15.6. The van der Waals surface area contributed by atoms with Crippen molar-refractivity contribution < 1.29 is 23.8 Å². The molecule has 0 unspecified atom stereocenters. The lowest BCUT2D eigenvalue weighted by atomic mass is 10.1. The predicted molar refractivity (Wildman–Crippen MR) is 110 cm³/mol. The van der Waals surface area contributed by atoms with Crippen LogP contribution in [0.15, 0.2) is 18.2 Å². The summed E-state index contributed by atoms with van der Waals surface area (Å²) in [5.41, 5.74) is 0.00146. The maximum absolute atomic E-state index is 13.2. The number of nitrogens with zero attached hydrogens (tertiary/aromatic N) is 1. The van der Waals surface area contributed by atoms with Gasteiger partial charge in [0.15, 0.2) is 0 Å². The largest absolute Gasteiger partial charge is 0.493 e. The van der Waals surface area contributed by atoms with Crippen LogP contribution in [0.5, 0.6) is 11.5 Å². The molecule has 0 atom stereocenters. The summed E-state index contributed by atoms with van der Waals surface area (Å²) in [6.07, 6.45) is 0.626. The van der Waals surface area contributed by atoms with Crippen molar-refractivity contribution in [3.05, 3.63) is 23.8 Å². The highest BCUT2D eigenvalue weighted by Crippen LogP contribution is 2.27. The van der Waals surface area contributed by atoms with Crippen LogP contribution < -0.4 is 9.47 Å². The molecule has 0 heterocycles. The molecular weight excluding hydrogens is 358 g/mol. The summed E-state index contributed by atoms with van der Waals surface area (Å²) in [5, 5.41) is 0. The van der Waals surface area contributed by atoms with Crippen molar-refractivity contribution in [2.45, 2.75) is 79.6 Å². The molecule has 0 saturated carbocycles. The van der Waals surface area contributed by atoms with Crippen molar-refractivity contribution >= 4 is 11.9 Å². The summed E-state index contributed by atoms with van der Waals surface area (Å²) in [4.78, 5) is 26.8. The Morgan fingerprint density at radius 1 is 1.04 bits per heavy atom. The Balaban J connectivity index is 3.18. The van der Waals surface area contributed by atoms with Crippen molar-refractivity contribution in [3.63, 3.8) is 0 Å². The van der Waals surface area contributed by atoms with E-state index in [4.69, 9.17) is 14.2 Å². The minimum atomic E-state index is -0.429. The van der Waals surface area contributed by atoms with Gasteiger partial charge in [0, 0.05) is 17.7 Å². The second-order valence-corrected chi connectivity index (χ2v) is 8.32. The molecule has 0 aliphatic rings. The molecule has 1 rings (SSSR count). The van der Waals surface area contributed by atoms with Gasteiger partial charge in [-0.25, -0.2) is 0 Å². The number of carbonyl (C=O) groups excluding carboxylic acids is 2. The molecule has 0 bridgehead atoms. The highest BCUT2D eigenvalue weighted by Gasteiger charge is 2.24. The summed E-state index contributed by atoms with van der Waals surface area (Å²) in [6, 6.07) is 5.00. The van der Waals surface area contributed by atoms with E-state index in [1.807, 2.05) is 41.5 Å². The maximum Gasteiger partial charge on any atom is 0.325 e. The number of esters is 1. The topological polar surface area (TPSA) is 65.1 Å². The quantitative estimate of drug-likeness (QED) is 0.580. The molecule has 0 aliphatic carbocycles. The zero-order chi connectivity index (χ0) is 21.5. The molecule has 1 amide bonds. The fourth-order valence-corrected chi connectivity index (χ4v) is 2.50. The minimum Gasteiger partial charge on any atom is -0.493 e. The molecule has 0 fully saturated rings. The van der Waals surface area contributed by atoms with Gasteiger partial charge in [-0.2, -0.15) is 0 Å². The lowest BCUT2D eigenvalue weighted by Gasteiger charge is -2.27. The van der Waals surface area contributed by atoms with E-state index in [0.717, 1.165) is 6.42 Å². The number of amides is 1. The number of ether oxygens (including phenoxy) is 3. The van der Waals surface area contributed by atoms with E-state index in [9.17, 15) is 9.59 Å². The minimum absolute atomic E-state index is 0.107. The summed E-state index contributed by atoms with van der Waals surface area (Å²) < 4.78 is 16.9. The Labute approximate surface area is 169 Å². The lowest BCUT2D eigenvalue weighted by Crippen LogP contribution is -2.41. The van der Waals surface area contributed by atoms with E-state index in [1.54, 1.807) is 32.0 Å². The Morgan fingerprint density at radius 2 is 1.64 bits per heavy atom. The van der Waals surface area contributed by atoms with E-state index >= 15 is 0 Å². The molecule has 0 aliphatic heterocycles. The predicted octanol–water partition coefficient (Wildman–Crippen LogP) is 4.45. The van der Waals surface area contributed by atoms with Crippen LogP contribution in [0.4, 0.5) is 0 Å². The first kappa shape index (κ1) is 23.8. The van der Waals surface area contributed by atoms with Crippen LogP contribution in [0.3, 0.4) is 0 Å². The first-order chi connectivity index (χ1) is 12.9. The lowest BCUT2D eigenvalue weighted by molar-refractivity contribution is -0.148. The molecule has 0 radical (unpaired) electrons. The molecule has 0 aromatic heterocycles. The van der Waals surface area contributed by atoms with Gasteiger partial charge in [0.1, 0.15) is 23.6 Å². The Bertz CT molecular complexity index is 661. The number of rotatable bonds is 9. The van der Waals surface area contributed by atoms with E-state index in [2.05, 4.69) is 0 Å². The van der Waals surface area contributed by atoms with Crippen molar-refractivity contribution in [2.24, 2.45) is 0 Å². The number of benzene rings is 1. The fourth-order valence-electron chi connectivity index (χ4n) is 2.50. The molecule has 1 aromatic rings. The number of hydrogen-bond acceptors (Lipinski definition) is 5. The first-order valence-corrected chi connectivity index (χ1v) is 9.90.